The minimum absolute atomic E-state index is 0.341. The van der Waals surface area contributed by atoms with Gasteiger partial charge < -0.3 is 9.47 Å². The van der Waals surface area contributed by atoms with Crippen LogP contribution in [0.25, 0.3) is 33.5 Å². The fourth-order valence-electron chi connectivity index (χ4n) is 3.93. The third kappa shape index (κ3) is 3.79. The summed E-state index contributed by atoms with van der Waals surface area (Å²) in [6.45, 7) is 4.07. The van der Waals surface area contributed by atoms with Gasteiger partial charge >= 0.3 is 12.0 Å². The molecule has 3 aromatic carbocycles. The first-order chi connectivity index (χ1) is 16.7. The maximum atomic E-state index is 12.4. The van der Waals surface area contributed by atoms with Crippen molar-refractivity contribution in [1.82, 2.24) is 30.2 Å². The highest BCUT2D eigenvalue weighted by Crippen LogP contribution is 2.31. The number of para-hydroxylation sites is 1. The number of hydrogen-bond donors (Lipinski definition) is 1. The van der Waals surface area contributed by atoms with Gasteiger partial charge in [0.1, 0.15) is 0 Å². The largest absolute Gasteiger partial charge is 0.465 e. The Bertz CT molecular complexity index is 1470. The van der Waals surface area contributed by atoms with Crippen LogP contribution >= 0.6 is 0 Å². The van der Waals surface area contributed by atoms with E-state index < -0.39 is 5.97 Å². The molecule has 2 aromatic heterocycles. The number of aromatic amines is 1. The van der Waals surface area contributed by atoms with Gasteiger partial charge in [0.25, 0.3) is 0 Å². The standard InChI is InChI=1S/C25H20N6O3/c1-3-34-25-26-21-10-6-9-20(24(32)33-2)22(21)31(25)15-16-11-13-17(14-12-16)18-7-4-5-8-19(18)23-27-29-30-28-23/h3-14H,1,15H2,2H3,(H,27,28,29,30). The number of tetrazole rings is 1. The number of nitrogens with one attached hydrogen (secondary N) is 1. The van der Waals surface area contributed by atoms with Gasteiger partial charge in [-0.3, -0.25) is 4.57 Å². The summed E-state index contributed by atoms with van der Waals surface area (Å²) in [5, 5.41) is 14.4. The van der Waals surface area contributed by atoms with Crippen molar-refractivity contribution in [3.05, 3.63) is 90.7 Å². The van der Waals surface area contributed by atoms with Crippen LogP contribution in [0, 0.1) is 0 Å². The number of nitrogens with zero attached hydrogens (tertiary/aromatic N) is 5. The van der Waals surface area contributed by atoms with Gasteiger partial charge in [0.2, 0.25) is 5.82 Å². The smallest absolute Gasteiger partial charge is 0.340 e. The second-order valence-corrected chi connectivity index (χ2v) is 7.41. The zero-order valence-corrected chi connectivity index (χ0v) is 18.3. The molecule has 1 N–H and O–H groups in total. The molecule has 9 heteroatoms. The van der Waals surface area contributed by atoms with E-state index in [2.05, 4.69) is 32.2 Å². The number of aromatic nitrogens is 6. The zero-order valence-electron chi connectivity index (χ0n) is 18.3. The number of esters is 1. The maximum absolute atomic E-state index is 12.4. The summed E-state index contributed by atoms with van der Waals surface area (Å²) in [4.78, 5) is 16.9. The second kappa shape index (κ2) is 8.99. The van der Waals surface area contributed by atoms with Crippen molar-refractivity contribution in [2.45, 2.75) is 6.54 Å². The van der Waals surface area contributed by atoms with Crippen LogP contribution in [0.2, 0.25) is 0 Å². The molecule has 0 spiro atoms. The number of benzene rings is 3. The molecule has 34 heavy (non-hydrogen) atoms. The Balaban J connectivity index is 1.53. The third-order valence-electron chi connectivity index (χ3n) is 5.44. The van der Waals surface area contributed by atoms with Crippen LogP contribution in [0.3, 0.4) is 0 Å². The lowest BCUT2D eigenvalue weighted by molar-refractivity contribution is 0.0602. The average Bonchev–Trinajstić information content (AvgIpc) is 3.53. The predicted molar refractivity (Wildman–Crippen MR) is 126 cm³/mol. The molecule has 0 unspecified atom stereocenters. The summed E-state index contributed by atoms with van der Waals surface area (Å²) < 4.78 is 12.4. The molecule has 0 saturated heterocycles. The van der Waals surface area contributed by atoms with Gasteiger partial charge in [-0.15, -0.1) is 10.2 Å². The molecule has 0 aliphatic heterocycles. The van der Waals surface area contributed by atoms with Crippen molar-refractivity contribution >= 4 is 17.0 Å². The number of fused-ring (bicyclic) bond motifs is 1. The van der Waals surface area contributed by atoms with E-state index in [9.17, 15) is 4.79 Å². The van der Waals surface area contributed by atoms with Crippen LogP contribution in [0.15, 0.2) is 79.6 Å². The van der Waals surface area contributed by atoms with Crippen molar-refractivity contribution in [3.63, 3.8) is 0 Å². The lowest BCUT2D eigenvalue weighted by Crippen LogP contribution is -2.08. The Morgan fingerprint density at radius 3 is 2.56 bits per heavy atom. The summed E-state index contributed by atoms with van der Waals surface area (Å²) in [5.74, 6) is 0.0939. The molecule has 0 aliphatic carbocycles. The third-order valence-corrected chi connectivity index (χ3v) is 5.44. The Kier molecular flexibility index (Phi) is 5.57. The van der Waals surface area contributed by atoms with Crippen molar-refractivity contribution in [2.75, 3.05) is 7.11 Å². The Morgan fingerprint density at radius 1 is 1.06 bits per heavy atom. The van der Waals surface area contributed by atoms with E-state index in [0.29, 0.717) is 35.0 Å². The second-order valence-electron chi connectivity index (χ2n) is 7.41. The molecule has 0 amide bonds. The van der Waals surface area contributed by atoms with E-state index in [4.69, 9.17) is 9.47 Å². The SMILES string of the molecule is C=COc1nc2cccc(C(=O)OC)c2n1Cc1ccc(-c2ccccc2-c2nn[nH]n2)cc1. The van der Waals surface area contributed by atoms with E-state index in [1.807, 2.05) is 59.2 Å². The first-order valence-electron chi connectivity index (χ1n) is 10.5. The van der Waals surface area contributed by atoms with Crippen molar-refractivity contribution < 1.29 is 14.3 Å². The lowest BCUT2D eigenvalue weighted by Gasteiger charge is -2.12. The van der Waals surface area contributed by atoms with Gasteiger partial charge in [-0.25, -0.2) is 4.79 Å². The van der Waals surface area contributed by atoms with Gasteiger partial charge in [0.15, 0.2) is 0 Å². The van der Waals surface area contributed by atoms with E-state index in [-0.39, 0.29) is 0 Å². The molecule has 168 valence electrons. The number of H-pyrrole nitrogens is 1. The van der Waals surface area contributed by atoms with Crippen LogP contribution in [0.5, 0.6) is 6.01 Å². The summed E-state index contributed by atoms with van der Waals surface area (Å²) in [6.07, 6.45) is 1.31. The van der Waals surface area contributed by atoms with Gasteiger partial charge in [-0.1, -0.05) is 61.2 Å². The molecule has 0 bridgehead atoms. The first-order valence-corrected chi connectivity index (χ1v) is 10.5. The highest BCUT2D eigenvalue weighted by atomic mass is 16.5. The van der Waals surface area contributed by atoms with Gasteiger partial charge in [0.05, 0.1) is 36.5 Å². The Morgan fingerprint density at radius 2 is 1.85 bits per heavy atom. The first kappa shape index (κ1) is 21.1. The molecular formula is C25H20N6O3. The van der Waals surface area contributed by atoms with Crippen molar-refractivity contribution in [2.24, 2.45) is 0 Å². The molecule has 0 aliphatic rings. The average molecular weight is 452 g/mol. The lowest BCUT2D eigenvalue weighted by atomic mass is 9.98. The molecule has 5 rings (SSSR count). The molecule has 0 atom stereocenters. The van der Waals surface area contributed by atoms with E-state index in [1.165, 1.54) is 13.4 Å². The molecule has 0 fully saturated rings. The Labute approximate surface area is 194 Å². The van der Waals surface area contributed by atoms with E-state index >= 15 is 0 Å². The van der Waals surface area contributed by atoms with E-state index in [0.717, 1.165) is 22.3 Å². The van der Waals surface area contributed by atoms with Crippen LogP contribution in [0.4, 0.5) is 0 Å². The predicted octanol–water partition coefficient (Wildman–Crippen LogP) is 4.24. The van der Waals surface area contributed by atoms with Crippen LogP contribution in [-0.2, 0) is 11.3 Å². The number of carbonyl (C=O) groups excluding carboxylic acids is 1. The number of carbonyl (C=O) groups is 1. The topological polar surface area (TPSA) is 108 Å². The number of rotatable bonds is 7. The fourth-order valence-corrected chi connectivity index (χ4v) is 3.93. The summed E-state index contributed by atoms with van der Waals surface area (Å²) >= 11 is 0. The highest BCUT2D eigenvalue weighted by Gasteiger charge is 2.20. The minimum Gasteiger partial charge on any atom is -0.465 e. The molecular weight excluding hydrogens is 432 g/mol. The Hall–Kier alpha value is -4.79. The van der Waals surface area contributed by atoms with Crippen molar-refractivity contribution in [1.29, 1.82) is 0 Å². The minimum atomic E-state index is -0.440. The van der Waals surface area contributed by atoms with Crippen molar-refractivity contribution in [3.8, 4) is 28.5 Å². The molecule has 5 aromatic rings. The van der Waals surface area contributed by atoms with Crippen LogP contribution in [-0.4, -0.2) is 43.3 Å². The van der Waals surface area contributed by atoms with E-state index in [1.54, 1.807) is 12.1 Å². The molecule has 0 saturated carbocycles. The van der Waals surface area contributed by atoms with Crippen LogP contribution in [0.1, 0.15) is 15.9 Å². The summed E-state index contributed by atoms with van der Waals surface area (Å²) in [6, 6.07) is 21.6. The number of methoxy groups -OCH3 is 1. The highest BCUT2D eigenvalue weighted by molar-refractivity contribution is 6.02. The molecule has 2 heterocycles. The number of imidazole rings is 1. The van der Waals surface area contributed by atoms with Gasteiger partial charge in [-0.2, -0.15) is 10.2 Å². The van der Waals surface area contributed by atoms with Crippen LogP contribution < -0.4 is 4.74 Å². The molecule has 0 radical (unpaired) electrons. The quantitative estimate of drug-likeness (QED) is 0.291. The van der Waals surface area contributed by atoms with Gasteiger partial charge in [0, 0.05) is 5.56 Å². The fraction of sp³-hybridized carbons (Fsp3) is 0.0800. The monoisotopic (exact) mass is 452 g/mol. The van der Waals surface area contributed by atoms with Gasteiger partial charge in [-0.05, 0) is 34.0 Å². The maximum Gasteiger partial charge on any atom is 0.340 e. The number of hydrogen-bond acceptors (Lipinski definition) is 7. The zero-order chi connectivity index (χ0) is 23.5. The molecule has 9 nitrogen and oxygen atoms in total. The number of ether oxygens (including phenoxy) is 2. The summed E-state index contributed by atoms with van der Waals surface area (Å²) in [5.41, 5.74) is 5.56. The summed E-state index contributed by atoms with van der Waals surface area (Å²) in [7, 11) is 1.36. The normalized spacial score (nSPS) is 10.9.